The van der Waals surface area contributed by atoms with Crippen LogP contribution < -0.4 is 16.2 Å². The van der Waals surface area contributed by atoms with E-state index >= 15 is 0 Å². The summed E-state index contributed by atoms with van der Waals surface area (Å²) >= 11 is 7.57. The van der Waals surface area contributed by atoms with Crippen LogP contribution in [-0.4, -0.2) is 28.0 Å². The van der Waals surface area contributed by atoms with Gasteiger partial charge < -0.3 is 15.6 Å². The van der Waals surface area contributed by atoms with E-state index in [1.54, 1.807) is 17.5 Å². The normalized spacial score (nSPS) is 22.0. The molecule has 2 aromatic heterocycles. The Morgan fingerprint density at radius 1 is 1.44 bits per heavy atom. The number of piperidine rings is 1. The Kier molecular flexibility index (Phi) is 4.13. The van der Waals surface area contributed by atoms with E-state index < -0.39 is 0 Å². The third kappa shape index (κ3) is 2.78. The van der Waals surface area contributed by atoms with Gasteiger partial charge in [0.15, 0.2) is 10.3 Å². The molecule has 4 rings (SSSR count). The van der Waals surface area contributed by atoms with Crippen molar-refractivity contribution in [3.8, 4) is 0 Å². The first-order chi connectivity index (χ1) is 11.9. The number of aromatic nitrogens is 3. The number of halogens is 1. The standard InChI is InChI=1S/C17H22ClN5OS/c1-9(2)10-8-20-14(15(24)21-10)23-5-3-17(4-6-23)7-11-12(13(17)19)22-16(18)25-11/h8-9,13H,3-7,19H2,1-2H3,(H,21,24)/t13-/m1/s1. The van der Waals surface area contributed by atoms with Crippen molar-refractivity contribution in [3.63, 3.8) is 0 Å². The Hall–Kier alpha value is -1.44. The molecule has 0 unspecified atom stereocenters. The summed E-state index contributed by atoms with van der Waals surface area (Å²) in [5.41, 5.74) is 8.30. The van der Waals surface area contributed by atoms with Crippen LogP contribution in [0.3, 0.4) is 0 Å². The van der Waals surface area contributed by atoms with Gasteiger partial charge in [-0.15, -0.1) is 11.3 Å². The van der Waals surface area contributed by atoms with E-state index in [4.69, 9.17) is 17.3 Å². The number of nitrogens with one attached hydrogen (secondary N) is 1. The summed E-state index contributed by atoms with van der Waals surface area (Å²) < 4.78 is 0.578. The van der Waals surface area contributed by atoms with Crippen LogP contribution in [0.25, 0.3) is 0 Å². The number of hydrogen-bond acceptors (Lipinski definition) is 6. The van der Waals surface area contributed by atoms with Gasteiger partial charge in [0, 0.05) is 29.9 Å². The maximum Gasteiger partial charge on any atom is 0.291 e. The number of hydrogen-bond donors (Lipinski definition) is 2. The van der Waals surface area contributed by atoms with Crippen molar-refractivity contribution < 1.29 is 0 Å². The molecular weight excluding hydrogens is 358 g/mol. The van der Waals surface area contributed by atoms with E-state index in [0.29, 0.717) is 10.3 Å². The second kappa shape index (κ2) is 6.07. The first-order valence-corrected chi connectivity index (χ1v) is 9.84. The minimum atomic E-state index is -0.106. The zero-order chi connectivity index (χ0) is 17.8. The lowest BCUT2D eigenvalue weighted by Crippen LogP contribution is -2.46. The molecule has 0 aromatic carbocycles. The summed E-state index contributed by atoms with van der Waals surface area (Å²) in [5.74, 6) is 0.774. The molecule has 3 N–H and O–H groups in total. The third-order valence-corrected chi connectivity index (χ3v) is 6.81. The van der Waals surface area contributed by atoms with E-state index in [-0.39, 0.29) is 22.9 Å². The molecule has 1 fully saturated rings. The Bertz CT molecular complexity index is 853. The van der Waals surface area contributed by atoms with E-state index in [1.165, 1.54) is 4.88 Å². The molecule has 0 radical (unpaired) electrons. The summed E-state index contributed by atoms with van der Waals surface area (Å²) in [7, 11) is 0. The van der Waals surface area contributed by atoms with Gasteiger partial charge in [0.05, 0.1) is 11.7 Å². The molecule has 2 aliphatic rings. The second-order valence-electron chi connectivity index (χ2n) is 7.43. The maximum absolute atomic E-state index is 12.4. The molecule has 25 heavy (non-hydrogen) atoms. The lowest BCUT2D eigenvalue weighted by molar-refractivity contribution is 0.186. The number of aromatic amines is 1. The van der Waals surface area contributed by atoms with Crippen LogP contribution >= 0.6 is 22.9 Å². The highest BCUT2D eigenvalue weighted by Gasteiger charge is 2.48. The number of thiazole rings is 1. The fraction of sp³-hybridized carbons (Fsp3) is 0.588. The van der Waals surface area contributed by atoms with E-state index in [1.807, 2.05) is 13.8 Å². The number of H-pyrrole nitrogens is 1. The number of nitrogens with two attached hydrogens (primary N) is 1. The fourth-order valence-electron chi connectivity index (χ4n) is 4.00. The predicted molar refractivity (Wildman–Crippen MR) is 101 cm³/mol. The SMILES string of the molecule is CC(C)c1cnc(N2CCC3(CC2)Cc2sc(Cl)nc2[C@H]3N)c(=O)[nH]1. The molecular formula is C17H22ClN5OS. The molecule has 0 saturated carbocycles. The van der Waals surface area contributed by atoms with Gasteiger partial charge in [-0.3, -0.25) is 4.79 Å². The van der Waals surface area contributed by atoms with Crippen LogP contribution in [0.4, 0.5) is 5.82 Å². The molecule has 1 aliphatic heterocycles. The van der Waals surface area contributed by atoms with Gasteiger partial charge in [0.1, 0.15) is 0 Å². The summed E-state index contributed by atoms with van der Waals surface area (Å²) in [5, 5.41) is 0. The average molecular weight is 380 g/mol. The lowest BCUT2D eigenvalue weighted by Gasteiger charge is -2.42. The van der Waals surface area contributed by atoms with Gasteiger partial charge in [-0.25, -0.2) is 9.97 Å². The molecule has 2 aromatic rings. The van der Waals surface area contributed by atoms with Crippen LogP contribution in [0.2, 0.25) is 4.47 Å². The van der Waals surface area contributed by atoms with E-state index in [0.717, 1.165) is 43.7 Å². The Morgan fingerprint density at radius 3 is 2.76 bits per heavy atom. The van der Waals surface area contributed by atoms with E-state index in [9.17, 15) is 4.79 Å². The molecule has 6 nitrogen and oxygen atoms in total. The minimum Gasteiger partial charge on any atom is -0.352 e. The quantitative estimate of drug-likeness (QED) is 0.837. The molecule has 1 atom stereocenters. The van der Waals surface area contributed by atoms with Crippen LogP contribution in [0, 0.1) is 5.41 Å². The highest BCUT2D eigenvalue weighted by atomic mass is 35.5. The minimum absolute atomic E-state index is 0.0416. The fourth-order valence-corrected chi connectivity index (χ4v) is 5.36. The van der Waals surface area contributed by atoms with Crippen LogP contribution in [0.1, 0.15) is 54.9 Å². The molecule has 8 heteroatoms. The highest BCUT2D eigenvalue weighted by Crippen LogP contribution is 2.52. The van der Waals surface area contributed by atoms with Crippen molar-refractivity contribution in [2.75, 3.05) is 18.0 Å². The topological polar surface area (TPSA) is 87.9 Å². The first kappa shape index (κ1) is 17.0. The molecule has 0 bridgehead atoms. The van der Waals surface area contributed by atoms with Gasteiger partial charge in [-0.05, 0) is 30.6 Å². The zero-order valence-electron chi connectivity index (χ0n) is 14.4. The zero-order valence-corrected chi connectivity index (χ0v) is 16.0. The van der Waals surface area contributed by atoms with Crippen LogP contribution in [0.5, 0.6) is 0 Å². The summed E-state index contributed by atoms with van der Waals surface area (Å²) in [4.78, 5) is 27.5. The van der Waals surface area contributed by atoms with Gasteiger partial charge >= 0.3 is 0 Å². The Balaban J connectivity index is 1.51. The van der Waals surface area contributed by atoms with Crippen molar-refractivity contribution in [3.05, 3.63) is 37.3 Å². The Labute approximate surface area is 155 Å². The molecule has 1 spiro atoms. The van der Waals surface area contributed by atoms with Crippen molar-refractivity contribution in [2.45, 2.75) is 45.1 Å². The lowest BCUT2D eigenvalue weighted by atomic mass is 9.73. The molecule has 134 valence electrons. The Morgan fingerprint density at radius 2 is 2.16 bits per heavy atom. The van der Waals surface area contributed by atoms with Gasteiger partial charge in [0.2, 0.25) is 0 Å². The summed E-state index contributed by atoms with van der Waals surface area (Å²) in [6.45, 7) is 5.65. The van der Waals surface area contributed by atoms with Crippen LogP contribution in [0.15, 0.2) is 11.0 Å². The number of anilines is 1. The monoisotopic (exact) mass is 379 g/mol. The van der Waals surface area contributed by atoms with E-state index in [2.05, 4.69) is 19.9 Å². The first-order valence-electron chi connectivity index (χ1n) is 8.64. The number of rotatable bonds is 2. The third-order valence-electron chi connectivity index (χ3n) is 5.64. The second-order valence-corrected chi connectivity index (χ2v) is 9.09. The molecule has 0 amide bonds. The smallest absolute Gasteiger partial charge is 0.291 e. The van der Waals surface area contributed by atoms with Gasteiger partial charge in [-0.1, -0.05) is 25.4 Å². The highest BCUT2D eigenvalue weighted by molar-refractivity contribution is 7.15. The number of nitrogens with zero attached hydrogens (tertiary/aromatic N) is 3. The summed E-state index contributed by atoms with van der Waals surface area (Å²) in [6.07, 6.45) is 4.58. The van der Waals surface area contributed by atoms with Crippen molar-refractivity contribution in [2.24, 2.45) is 11.1 Å². The van der Waals surface area contributed by atoms with Gasteiger partial charge in [-0.2, -0.15) is 0 Å². The van der Waals surface area contributed by atoms with Crippen molar-refractivity contribution in [1.29, 1.82) is 0 Å². The predicted octanol–water partition coefficient (Wildman–Crippen LogP) is 2.85. The van der Waals surface area contributed by atoms with Crippen LogP contribution in [-0.2, 0) is 6.42 Å². The van der Waals surface area contributed by atoms with Gasteiger partial charge in [0.25, 0.3) is 5.56 Å². The van der Waals surface area contributed by atoms with Crippen molar-refractivity contribution >= 4 is 28.8 Å². The average Bonchev–Trinajstić information content (AvgIpc) is 3.04. The molecule has 1 aliphatic carbocycles. The largest absolute Gasteiger partial charge is 0.352 e. The maximum atomic E-state index is 12.4. The molecule has 3 heterocycles. The molecule has 1 saturated heterocycles. The summed E-state index contributed by atoms with van der Waals surface area (Å²) in [6, 6.07) is -0.0667. The van der Waals surface area contributed by atoms with Crippen molar-refractivity contribution in [1.82, 2.24) is 15.0 Å². The number of fused-ring (bicyclic) bond motifs is 1.